The van der Waals surface area contributed by atoms with Gasteiger partial charge in [0.05, 0.1) is 5.56 Å². The Balaban J connectivity index is 1.91. The fraction of sp³-hybridized carbons (Fsp3) is 0.364. The zero-order valence-corrected chi connectivity index (χ0v) is 16.5. The first-order valence-corrected chi connectivity index (χ1v) is 9.51. The van der Waals surface area contributed by atoms with Gasteiger partial charge in [0.25, 0.3) is 0 Å². The average molecular weight is 406 g/mol. The molecule has 2 rings (SSSR count). The summed E-state index contributed by atoms with van der Waals surface area (Å²) in [7, 11) is 0. The first-order valence-electron chi connectivity index (χ1n) is 9.51. The molecule has 1 atom stereocenters. The Kier molecular flexibility index (Phi) is 7.82. The van der Waals surface area contributed by atoms with Crippen LogP contribution < -0.4 is 10.6 Å². The van der Waals surface area contributed by atoms with E-state index in [1.54, 1.807) is 31.2 Å². The van der Waals surface area contributed by atoms with Crippen molar-refractivity contribution in [3.05, 3.63) is 65.2 Å². The lowest BCUT2D eigenvalue weighted by Gasteiger charge is -2.14. The summed E-state index contributed by atoms with van der Waals surface area (Å²) in [4.78, 5) is 24.0. The highest BCUT2D eigenvalue weighted by Gasteiger charge is 2.30. The van der Waals surface area contributed by atoms with E-state index in [9.17, 15) is 22.8 Å². The lowest BCUT2D eigenvalue weighted by Crippen LogP contribution is -2.30. The van der Waals surface area contributed by atoms with Crippen LogP contribution in [0.25, 0.3) is 0 Å². The Morgan fingerprint density at radius 2 is 1.72 bits per heavy atom. The SMILES string of the molecule is CCCC(=O)Nc1cccc(CNC(=O)C(C)Cc2cccc(C(F)(F)F)c2)c1. The molecule has 156 valence electrons. The third-order valence-electron chi connectivity index (χ3n) is 4.40. The highest BCUT2D eigenvalue weighted by atomic mass is 19.4. The zero-order chi connectivity index (χ0) is 21.4. The summed E-state index contributed by atoms with van der Waals surface area (Å²) >= 11 is 0. The molecule has 1 unspecified atom stereocenters. The minimum atomic E-state index is -4.40. The van der Waals surface area contributed by atoms with Gasteiger partial charge in [0.2, 0.25) is 11.8 Å². The quantitative estimate of drug-likeness (QED) is 0.652. The van der Waals surface area contributed by atoms with E-state index in [1.165, 1.54) is 6.07 Å². The molecule has 2 N–H and O–H groups in total. The second kappa shape index (κ2) is 10.1. The number of anilines is 1. The third kappa shape index (κ3) is 7.25. The summed E-state index contributed by atoms with van der Waals surface area (Å²) in [6, 6.07) is 12.2. The molecule has 0 saturated heterocycles. The van der Waals surface area contributed by atoms with Crippen molar-refractivity contribution in [2.45, 2.75) is 45.8 Å². The van der Waals surface area contributed by atoms with Crippen molar-refractivity contribution in [1.29, 1.82) is 0 Å². The van der Waals surface area contributed by atoms with E-state index in [4.69, 9.17) is 0 Å². The number of hydrogen-bond donors (Lipinski definition) is 2. The van der Waals surface area contributed by atoms with Crippen LogP contribution >= 0.6 is 0 Å². The molecule has 0 bridgehead atoms. The Morgan fingerprint density at radius 3 is 2.41 bits per heavy atom. The Labute approximate surface area is 168 Å². The van der Waals surface area contributed by atoms with E-state index in [0.717, 1.165) is 24.1 Å². The molecule has 29 heavy (non-hydrogen) atoms. The van der Waals surface area contributed by atoms with Gasteiger partial charge >= 0.3 is 6.18 Å². The minimum Gasteiger partial charge on any atom is -0.352 e. The van der Waals surface area contributed by atoms with Crippen molar-refractivity contribution in [3.63, 3.8) is 0 Å². The largest absolute Gasteiger partial charge is 0.416 e. The van der Waals surface area contributed by atoms with Crippen LogP contribution in [0.2, 0.25) is 0 Å². The number of benzene rings is 2. The number of halogens is 3. The predicted octanol–water partition coefficient (Wildman–Crippen LogP) is 4.94. The van der Waals surface area contributed by atoms with Gasteiger partial charge in [-0.2, -0.15) is 13.2 Å². The van der Waals surface area contributed by atoms with Gasteiger partial charge in [-0.15, -0.1) is 0 Å². The monoisotopic (exact) mass is 406 g/mol. The normalized spacial score (nSPS) is 12.3. The zero-order valence-electron chi connectivity index (χ0n) is 16.5. The molecule has 0 aliphatic carbocycles. The maximum absolute atomic E-state index is 12.8. The molecule has 0 aromatic heterocycles. The van der Waals surface area contributed by atoms with Gasteiger partial charge in [0.15, 0.2) is 0 Å². The fourth-order valence-electron chi connectivity index (χ4n) is 2.89. The van der Waals surface area contributed by atoms with E-state index in [2.05, 4.69) is 10.6 Å². The summed E-state index contributed by atoms with van der Waals surface area (Å²) in [5, 5.41) is 5.60. The number of carbonyl (C=O) groups is 2. The molecular weight excluding hydrogens is 381 g/mol. The molecule has 0 spiro atoms. The van der Waals surface area contributed by atoms with Gasteiger partial charge in [0, 0.05) is 24.6 Å². The summed E-state index contributed by atoms with van der Waals surface area (Å²) in [5.74, 6) is -0.794. The number of amides is 2. The van der Waals surface area contributed by atoms with Crippen LogP contribution in [0.3, 0.4) is 0 Å². The number of rotatable bonds is 8. The summed E-state index contributed by atoms with van der Waals surface area (Å²) in [6.07, 6.45) is -3.00. The third-order valence-corrected chi connectivity index (χ3v) is 4.40. The molecule has 2 aromatic rings. The highest BCUT2D eigenvalue weighted by molar-refractivity contribution is 5.90. The Morgan fingerprint density at radius 1 is 1.03 bits per heavy atom. The Hall–Kier alpha value is -2.83. The average Bonchev–Trinajstić information content (AvgIpc) is 2.66. The number of hydrogen-bond acceptors (Lipinski definition) is 2. The molecule has 0 aliphatic heterocycles. The second-order valence-corrected chi connectivity index (χ2v) is 7.02. The van der Waals surface area contributed by atoms with Crippen molar-refractivity contribution >= 4 is 17.5 Å². The van der Waals surface area contributed by atoms with Crippen molar-refractivity contribution in [1.82, 2.24) is 5.32 Å². The molecule has 2 amide bonds. The van der Waals surface area contributed by atoms with Crippen LogP contribution in [0, 0.1) is 5.92 Å². The summed E-state index contributed by atoms with van der Waals surface area (Å²) in [6.45, 7) is 3.87. The van der Waals surface area contributed by atoms with Crippen LogP contribution in [0.5, 0.6) is 0 Å². The molecule has 4 nitrogen and oxygen atoms in total. The van der Waals surface area contributed by atoms with Crippen molar-refractivity contribution in [3.8, 4) is 0 Å². The summed E-state index contributed by atoms with van der Waals surface area (Å²) < 4.78 is 38.5. The highest BCUT2D eigenvalue weighted by Crippen LogP contribution is 2.30. The van der Waals surface area contributed by atoms with E-state index in [-0.39, 0.29) is 24.8 Å². The first-order chi connectivity index (χ1) is 13.7. The molecule has 0 fully saturated rings. The van der Waals surface area contributed by atoms with Crippen LogP contribution in [-0.2, 0) is 28.7 Å². The van der Waals surface area contributed by atoms with Gasteiger partial charge in [0.1, 0.15) is 0 Å². The summed E-state index contributed by atoms with van der Waals surface area (Å²) in [5.41, 5.74) is 1.22. The van der Waals surface area contributed by atoms with Gasteiger partial charge in [-0.1, -0.05) is 44.2 Å². The maximum Gasteiger partial charge on any atom is 0.416 e. The second-order valence-electron chi connectivity index (χ2n) is 7.02. The van der Waals surface area contributed by atoms with Crippen LogP contribution in [0.4, 0.5) is 18.9 Å². The molecule has 0 saturated carbocycles. The number of nitrogens with one attached hydrogen (secondary N) is 2. The van der Waals surface area contributed by atoms with Crippen LogP contribution in [0.1, 0.15) is 43.4 Å². The maximum atomic E-state index is 12.8. The molecule has 0 heterocycles. The van der Waals surface area contributed by atoms with Gasteiger partial charge < -0.3 is 10.6 Å². The first kappa shape index (κ1) is 22.5. The fourth-order valence-corrected chi connectivity index (χ4v) is 2.89. The van der Waals surface area contributed by atoms with Crippen LogP contribution in [0.15, 0.2) is 48.5 Å². The smallest absolute Gasteiger partial charge is 0.352 e. The molecule has 2 aromatic carbocycles. The molecule has 7 heteroatoms. The minimum absolute atomic E-state index is 0.0663. The van der Waals surface area contributed by atoms with Crippen molar-refractivity contribution < 1.29 is 22.8 Å². The van der Waals surface area contributed by atoms with E-state index < -0.39 is 17.7 Å². The molecular formula is C22H25F3N2O2. The lowest BCUT2D eigenvalue weighted by molar-refractivity contribution is -0.137. The number of alkyl halides is 3. The lowest BCUT2D eigenvalue weighted by atomic mass is 9.98. The predicted molar refractivity (Wildman–Crippen MR) is 106 cm³/mol. The molecule has 0 aliphatic rings. The topological polar surface area (TPSA) is 58.2 Å². The van der Waals surface area contributed by atoms with E-state index >= 15 is 0 Å². The standard InChI is InChI=1S/C22H25F3N2O2/c1-3-6-20(28)27-19-10-5-8-17(13-19)14-26-21(29)15(2)11-16-7-4-9-18(12-16)22(23,24)25/h4-5,7-10,12-13,15H,3,6,11,14H2,1-2H3,(H,26,29)(H,27,28). The van der Waals surface area contributed by atoms with Gasteiger partial charge in [-0.25, -0.2) is 0 Å². The Bertz CT molecular complexity index is 850. The van der Waals surface area contributed by atoms with Crippen molar-refractivity contribution in [2.75, 3.05) is 5.32 Å². The van der Waals surface area contributed by atoms with Gasteiger partial charge in [-0.3, -0.25) is 9.59 Å². The van der Waals surface area contributed by atoms with Crippen LogP contribution in [-0.4, -0.2) is 11.8 Å². The van der Waals surface area contributed by atoms with Gasteiger partial charge in [-0.05, 0) is 42.2 Å². The van der Waals surface area contributed by atoms with Crippen molar-refractivity contribution in [2.24, 2.45) is 5.92 Å². The number of carbonyl (C=O) groups excluding carboxylic acids is 2. The molecule has 0 radical (unpaired) electrons. The van der Waals surface area contributed by atoms with E-state index in [1.807, 2.05) is 13.0 Å². The van der Waals surface area contributed by atoms with E-state index in [0.29, 0.717) is 17.7 Å².